The van der Waals surface area contributed by atoms with Gasteiger partial charge in [-0.3, -0.25) is 4.79 Å². The number of H-pyrrole nitrogens is 1. The standard InChI is InChI=1S/C12H14N4O3/c1-18-8-6-10(11-13-3-4-14-11)16(7-8)12(17)9-2-5-19-15-9/h2-5,8,10H,6-7H2,1H3,(H,13,14)/t8-,10+/m1/s1. The van der Waals surface area contributed by atoms with Gasteiger partial charge >= 0.3 is 0 Å². The lowest BCUT2D eigenvalue weighted by molar-refractivity contribution is 0.0674. The third-order valence-corrected chi connectivity index (χ3v) is 3.35. The van der Waals surface area contributed by atoms with Crippen LogP contribution in [0.25, 0.3) is 0 Å². The highest BCUT2D eigenvalue weighted by molar-refractivity contribution is 5.92. The summed E-state index contributed by atoms with van der Waals surface area (Å²) in [5.41, 5.74) is 0.299. The van der Waals surface area contributed by atoms with Gasteiger partial charge in [-0.15, -0.1) is 0 Å². The molecule has 100 valence electrons. The second kappa shape index (κ2) is 4.85. The van der Waals surface area contributed by atoms with Crippen LogP contribution in [-0.2, 0) is 4.74 Å². The highest BCUT2D eigenvalue weighted by Crippen LogP contribution is 2.32. The van der Waals surface area contributed by atoms with E-state index in [1.165, 1.54) is 6.26 Å². The fraction of sp³-hybridized carbons (Fsp3) is 0.417. The first-order valence-electron chi connectivity index (χ1n) is 6.03. The molecule has 1 saturated heterocycles. The number of hydrogen-bond acceptors (Lipinski definition) is 5. The number of nitrogens with one attached hydrogen (secondary N) is 1. The molecule has 0 spiro atoms. The van der Waals surface area contributed by atoms with Gasteiger partial charge in [-0.2, -0.15) is 0 Å². The maximum atomic E-state index is 12.4. The maximum Gasteiger partial charge on any atom is 0.276 e. The van der Waals surface area contributed by atoms with Crippen molar-refractivity contribution in [2.45, 2.75) is 18.6 Å². The van der Waals surface area contributed by atoms with E-state index < -0.39 is 0 Å². The number of likely N-dealkylation sites (tertiary alicyclic amines) is 1. The fourth-order valence-corrected chi connectivity index (χ4v) is 2.38. The SMILES string of the molecule is CO[C@@H]1C[C@@H](c2ncc[nH]2)N(C(=O)c2ccon2)C1. The molecule has 1 aliphatic heterocycles. The molecule has 1 N–H and O–H groups in total. The van der Waals surface area contributed by atoms with Crippen LogP contribution in [0.1, 0.15) is 28.8 Å². The van der Waals surface area contributed by atoms with Crippen molar-refractivity contribution >= 4 is 5.91 Å². The highest BCUT2D eigenvalue weighted by Gasteiger charge is 2.38. The minimum Gasteiger partial charge on any atom is -0.380 e. The van der Waals surface area contributed by atoms with Gasteiger partial charge in [0, 0.05) is 38.5 Å². The first kappa shape index (κ1) is 11.9. The van der Waals surface area contributed by atoms with Crippen molar-refractivity contribution in [1.29, 1.82) is 0 Å². The molecule has 0 unspecified atom stereocenters. The number of nitrogens with zero attached hydrogens (tertiary/aromatic N) is 3. The Bertz CT molecular complexity index is 537. The topological polar surface area (TPSA) is 84.2 Å². The highest BCUT2D eigenvalue weighted by atomic mass is 16.5. The van der Waals surface area contributed by atoms with E-state index in [2.05, 4.69) is 15.1 Å². The van der Waals surface area contributed by atoms with E-state index in [0.717, 1.165) is 5.82 Å². The zero-order valence-electron chi connectivity index (χ0n) is 10.4. The Hall–Kier alpha value is -2.15. The molecule has 2 atom stereocenters. The van der Waals surface area contributed by atoms with Crippen LogP contribution in [0.5, 0.6) is 0 Å². The quantitative estimate of drug-likeness (QED) is 0.892. The van der Waals surface area contributed by atoms with Gasteiger partial charge in [0.25, 0.3) is 5.91 Å². The summed E-state index contributed by atoms with van der Waals surface area (Å²) in [4.78, 5) is 21.4. The summed E-state index contributed by atoms with van der Waals surface area (Å²) in [7, 11) is 1.65. The summed E-state index contributed by atoms with van der Waals surface area (Å²) in [6, 6.07) is 1.44. The summed E-state index contributed by atoms with van der Waals surface area (Å²) in [6.45, 7) is 0.521. The van der Waals surface area contributed by atoms with Gasteiger partial charge in [0.2, 0.25) is 0 Å². The van der Waals surface area contributed by atoms with Gasteiger partial charge < -0.3 is 19.1 Å². The number of aromatic amines is 1. The van der Waals surface area contributed by atoms with Crippen LogP contribution in [0.3, 0.4) is 0 Å². The van der Waals surface area contributed by atoms with Crippen molar-refractivity contribution < 1.29 is 14.1 Å². The van der Waals surface area contributed by atoms with Crippen molar-refractivity contribution in [3.8, 4) is 0 Å². The van der Waals surface area contributed by atoms with E-state index >= 15 is 0 Å². The minimum absolute atomic E-state index is 0.00551. The zero-order chi connectivity index (χ0) is 13.2. The van der Waals surface area contributed by atoms with Gasteiger partial charge in [-0.1, -0.05) is 5.16 Å². The summed E-state index contributed by atoms with van der Waals surface area (Å²) in [5, 5.41) is 3.69. The summed E-state index contributed by atoms with van der Waals surface area (Å²) < 4.78 is 10.1. The molecule has 0 aromatic carbocycles. The van der Waals surface area contributed by atoms with Gasteiger partial charge in [-0.25, -0.2) is 4.98 Å². The van der Waals surface area contributed by atoms with Crippen LogP contribution in [0.15, 0.2) is 29.2 Å². The molecule has 7 heteroatoms. The fourth-order valence-electron chi connectivity index (χ4n) is 2.38. The molecule has 0 bridgehead atoms. The van der Waals surface area contributed by atoms with Crippen LogP contribution in [0.4, 0.5) is 0 Å². The van der Waals surface area contributed by atoms with E-state index in [4.69, 9.17) is 9.26 Å². The Morgan fingerprint density at radius 3 is 3.16 bits per heavy atom. The molecule has 1 amide bonds. The largest absolute Gasteiger partial charge is 0.380 e. The van der Waals surface area contributed by atoms with Crippen molar-refractivity contribution in [2.24, 2.45) is 0 Å². The van der Waals surface area contributed by atoms with Crippen LogP contribution in [0, 0.1) is 0 Å². The Kier molecular flexibility index (Phi) is 3.04. The number of methoxy groups -OCH3 is 1. The van der Waals surface area contributed by atoms with Crippen LogP contribution in [0.2, 0.25) is 0 Å². The second-order valence-electron chi connectivity index (χ2n) is 4.43. The van der Waals surface area contributed by atoms with Crippen LogP contribution in [-0.4, -0.2) is 45.7 Å². The number of carbonyl (C=O) groups is 1. The molecule has 2 aromatic rings. The number of carbonyl (C=O) groups excluding carboxylic acids is 1. The number of hydrogen-bond donors (Lipinski definition) is 1. The van der Waals surface area contributed by atoms with Crippen molar-refractivity contribution in [1.82, 2.24) is 20.0 Å². The molecular formula is C12H14N4O3. The molecule has 0 radical (unpaired) electrons. The number of imidazole rings is 1. The normalized spacial score (nSPS) is 22.9. The summed E-state index contributed by atoms with van der Waals surface area (Å²) in [6.07, 6.45) is 5.53. The van der Waals surface area contributed by atoms with E-state index in [1.54, 1.807) is 30.5 Å². The lowest BCUT2D eigenvalue weighted by atomic mass is 10.2. The Morgan fingerprint density at radius 2 is 2.53 bits per heavy atom. The van der Waals surface area contributed by atoms with E-state index in [-0.39, 0.29) is 18.1 Å². The van der Waals surface area contributed by atoms with Gasteiger partial charge in [0.05, 0.1) is 12.1 Å². The predicted octanol–water partition coefficient (Wildman–Crippen LogP) is 1.000. The first-order valence-corrected chi connectivity index (χ1v) is 6.03. The van der Waals surface area contributed by atoms with Crippen molar-refractivity contribution in [2.75, 3.05) is 13.7 Å². The lowest BCUT2D eigenvalue weighted by Crippen LogP contribution is -2.32. The monoisotopic (exact) mass is 262 g/mol. The van der Waals surface area contributed by atoms with Crippen molar-refractivity contribution in [3.63, 3.8) is 0 Å². The Balaban J connectivity index is 1.87. The minimum atomic E-state index is -0.172. The molecule has 19 heavy (non-hydrogen) atoms. The number of aromatic nitrogens is 3. The van der Waals surface area contributed by atoms with Crippen molar-refractivity contribution in [3.05, 3.63) is 36.2 Å². The molecule has 1 fully saturated rings. The average Bonchev–Trinajstić information content (AvgIpc) is 3.16. The molecule has 1 aliphatic rings. The molecule has 3 heterocycles. The summed E-state index contributed by atoms with van der Waals surface area (Å²) >= 11 is 0. The Labute approximate surface area is 109 Å². The Morgan fingerprint density at radius 1 is 1.63 bits per heavy atom. The number of ether oxygens (including phenoxy) is 1. The molecule has 7 nitrogen and oxygen atoms in total. The molecule has 2 aromatic heterocycles. The molecular weight excluding hydrogens is 248 g/mol. The average molecular weight is 262 g/mol. The summed E-state index contributed by atoms with van der Waals surface area (Å²) in [5.74, 6) is 0.589. The maximum absolute atomic E-state index is 12.4. The van der Waals surface area contributed by atoms with Crippen LogP contribution < -0.4 is 0 Å². The predicted molar refractivity (Wildman–Crippen MR) is 64.3 cm³/mol. The molecule has 3 rings (SSSR count). The van der Waals surface area contributed by atoms with Gasteiger partial charge in [-0.05, 0) is 0 Å². The number of rotatable bonds is 3. The van der Waals surface area contributed by atoms with E-state index in [0.29, 0.717) is 18.7 Å². The third kappa shape index (κ3) is 2.12. The number of amides is 1. The molecule has 0 aliphatic carbocycles. The second-order valence-corrected chi connectivity index (χ2v) is 4.43. The van der Waals surface area contributed by atoms with Gasteiger partial charge in [0.1, 0.15) is 12.1 Å². The zero-order valence-corrected chi connectivity index (χ0v) is 10.4. The van der Waals surface area contributed by atoms with E-state index in [1.807, 2.05) is 0 Å². The lowest BCUT2D eigenvalue weighted by Gasteiger charge is -2.21. The smallest absolute Gasteiger partial charge is 0.276 e. The van der Waals surface area contributed by atoms with Gasteiger partial charge in [0.15, 0.2) is 5.69 Å². The van der Waals surface area contributed by atoms with E-state index in [9.17, 15) is 4.79 Å². The first-order chi connectivity index (χ1) is 9.29. The van der Waals surface area contributed by atoms with Crippen LogP contribution >= 0.6 is 0 Å². The molecule has 0 saturated carbocycles. The third-order valence-electron chi connectivity index (χ3n) is 3.35.